The van der Waals surface area contributed by atoms with Crippen LogP contribution in [-0.4, -0.2) is 18.4 Å². The smallest absolute Gasteiger partial charge is 0.261 e. The molecule has 0 radical (unpaired) electrons. The molecule has 0 atom stereocenters. The quantitative estimate of drug-likeness (QED) is 0.299. The third-order valence-electron chi connectivity index (χ3n) is 4.68. The molecule has 0 bridgehead atoms. The van der Waals surface area contributed by atoms with Crippen LogP contribution < -0.4 is 15.4 Å². The molecule has 33 heavy (non-hydrogen) atoms. The summed E-state index contributed by atoms with van der Waals surface area (Å²) in [6.45, 7) is 3.85. The molecule has 0 fully saturated rings. The summed E-state index contributed by atoms with van der Waals surface area (Å²) in [6, 6.07) is 22.8. The van der Waals surface area contributed by atoms with Crippen LogP contribution in [0, 0.1) is 13.8 Å². The molecule has 0 spiro atoms. The molecule has 0 unspecified atom stereocenters. The summed E-state index contributed by atoms with van der Waals surface area (Å²) in [4.78, 5) is 8.96. The molecule has 9 heteroatoms. The zero-order valence-corrected chi connectivity index (χ0v) is 19.6. The molecule has 0 saturated heterocycles. The van der Waals surface area contributed by atoms with Gasteiger partial charge in [0.05, 0.1) is 4.90 Å². The van der Waals surface area contributed by atoms with Gasteiger partial charge in [0.25, 0.3) is 10.0 Å². The van der Waals surface area contributed by atoms with Crippen molar-refractivity contribution in [3.05, 3.63) is 95.3 Å². The van der Waals surface area contributed by atoms with E-state index in [1.165, 1.54) is 17.7 Å². The van der Waals surface area contributed by atoms with Gasteiger partial charge in [-0.25, -0.2) is 18.4 Å². The Morgan fingerprint density at radius 1 is 0.727 bits per heavy atom. The second kappa shape index (κ2) is 9.48. The van der Waals surface area contributed by atoms with E-state index in [1.54, 1.807) is 36.4 Å². The lowest BCUT2D eigenvalue weighted by molar-refractivity contribution is 0.601. The Balaban J connectivity index is 1.46. The van der Waals surface area contributed by atoms with Crippen molar-refractivity contribution in [1.82, 2.24) is 9.97 Å². The SMILES string of the molecule is Cc1ccc(Nc2cc(Nc3ccc(NS(=O)(=O)c4cccc(Cl)c4)cc3)nc(C)n2)cc1. The number of hydrogen-bond acceptors (Lipinski definition) is 6. The lowest BCUT2D eigenvalue weighted by Crippen LogP contribution is -2.12. The van der Waals surface area contributed by atoms with E-state index < -0.39 is 10.0 Å². The zero-order chi connectivity index (χ0) is 23.4. The number of nitrogens with zero attached hydrogens (tertiary/aromatic N) is 2. The first-order chi connectivity index (χ1) is 15.8. The fraction of sp³-hybridized carbons (Fsp3) is 0.0833. The minimum atomic E-state index is -3.74. The third-order valence-corrected chi connectivity index (χ3v) is 6.29. The summed E-state index contributed by atoms with van der Waals surface area (Å²) in [7, 11) is -3.74. The molecular formula is C24H22ClN5O2S. The minimum Gasteiger partial charge on any atom is -0.340 e. The van der Waals surface area contributed by atoms with Gasteiger partial charge in [0.2, 0.25) is 0 Å². The fourth-order valence-corrected chi connectivity index (χ4v) is 4.46. The molecule has 0 aliphatic carbocycles. The van der Waals surface area contributed by atoms with Gasteiger partial charge in [0.15, 0.2) is 0 Å². The Bertz CT molecular complexity index is 1380. The van der Waals surface area contributed by atoms with Crippen molar-refractivity contribution in [3.63, 3.8) is 0 Å². The van der Waals surface area contributed by atoms with Crippen molar-refractivity contribution in [2.24, 2.45) is 0 Å². The number of anilines is 5. The average Bonchev–Trinajstić information content (AvgIpc) is 2.76. The summed E-state index contributed by atoms with van der Waals surface area (Å²) in [5.41, 5.74) is 3.29. The second-order valence-corrected chi connectivity index (χ2v) is 9.56. The fourth-order valence-electron chi connectivity index (χ4n) is 3.10. The molecule has 4 rings (SSSR count). The Hall–Kier alpha value is -3.62. The number of benzene rings is 3. The number of rotatable bonds is 7. The van der Waals surface area contributed by atoms with Crippen LogP contribution in [0.4, 0.5) is 28.7 Å². The number of sulfonamides is 1. The minimum absolute atomic E-state index is 0.0993. The zero-order valence-electron chi connectivity index (χ0n) is 18.0. The number of nitrogens with one attached hydrogen (secondary N) is 3. The van der Waals surface area contributed by atoms with Crippen molar-refractivity contribution in [1.29, 1.82) is 0 Å². The Morgan fingerprint density at radius 3 is 1.85 bits per heavy atom. The molecule has 0 saturated carbocycles. The lowest BCUT2D eigenvalue weighted by atomic mass is 10.2. The number of aryl methyl sites for hydroxylation is 2. The highest BCUT2D eigenvalue weighted by atomic mass is 35.5. The van der Waals surface area contributed by atoms with E-state index in [1.807, 2.05) is 44.2 Å². The van der Waals surface area contributed by atoms with E-state index in [-0.39, 0.29) is 4.90 Å². The highest BCUT2D eigenvalue weighted by Crippen LogP contribution is 2.24. The van der Waals surface area contributed by atoms with Crippen LogP contribution in [-0.2, 0) is 10.0 Å². The third kappa shape index (κ3) is 6.00. The van der Waals surface area contributed by atoms with Crippen LogP contribution in [0.25, 0.3) is 0 Å². The molecule has 0 aliphatic heterocycles. The monoisotopic (exact) mass is 479 g/mol. The molecule has 3 aromatic carbocycles. The van der Waals surface area contributed by atoms with Crippen LogP contribution in [0.3, 0.4) is 0 Å². The molecule has 3 N–H and O–H groups in total. The maximum Gasteiger partial charge on any atom is 0.261 e. The van der Waals surface area contributed by atoms with Crippen molar-refractivity contribution < 1.29 is 8.42 Å². The van der Waals surface area contributed by atoms with Crippen LogP contribution in [0.5, 0.6) is 0 Å². The molecule has 0 amide bonds. The van der Waals surface area contributed by atoms with E-state index in [2.05, 4.69) is 25.3 Å². The first kappa shape index (κ1) is 22.6. The van der Waals surface area contributed by atoms with Crippen LogP contribution >= 0.6 is 11.6 Å². The predicted molar refractivity (Wildman–Crippen MR) is 133 cm³/mol. The number of hydrogen-bond donors (Lipinski definition) is 3. The Morgan fingerprint density at radius 2 is 1.27 bits per heavy atom. The van der Waals surface area contributed by atoms with Gasteiger partial charge in [-0.3, -0.25) is 4.72 Å². The predicted octanol–water partition coefficient (Wildman–Crippen LogP) is 6.03. The largest absolute Gasteiger partial charge is 0.340 e. The molecule has 1 aromatic heterocycles. The van der Waals surface area contributed by atoms with Crippen molar-refractivity contribution in [2.75, 3.05) is 15.4 Å². The van der Waals surface area contributed by atoms with E-state index in [4.69, 9.17) is 11.6 Å². The summed E-state index contributed by atoms with van der Waals surface area (Å²) in [6.07, 6.45) is 0. The van der Waals surface area contributed by atoms with E-state index in [0.29, 0.717) is 28.2 Å². The first-order valence-corrected chi connectivity index (χ1v) is 12.0. The van der Waals surface area contributed by atoms with Crippen molar-refractivity contribution in [3.8, 4) is 0 Å². The van der Waals surface area contributed by atoms with Gasteiger partial charge in [-0.05, 0) is 68.4 Å². The van der Waals surface area contributed by atoms with Gasteiger partial charge in [-0.1, -0.05) is 35.4 Å². The Labute approximate surface area is 197 Å². The van der Waals surface area contributed by atoms with E-state index in [0.717, 1.165) is 11.4 Å². The summed E-state index contributed by atoms with van der Waals surface area (Å²) in [5, 5.41) is 6.85. The molecule has 1 heterocycles. The highest BCUT2D eigenvalue weighted by molar-refractivity contribution is 7.92. The summed E-state index contributed by atoms with van der Waals surface area (Å²) in [5.74, 6) is 1.89. The van der Waals surface area contributed by atoms with Crippen LogP contribution in [0.1, 0.15) is 11.4 Å². The van der Waals surface area contributed by atoms with E-state index >= 15 is 0 Å². The Kier molecular flexibility index (Phi) is 6.48. The molecule has 0 aliphatic rings. The van der Waals surface area contributed by atoms with Gasteiger partial charge >= 0.3 is 0 Å². The van der Waals surface area contributed by atoms with Crippen molar-refractivity contribution in [2.45, 2.75) is 18.7 Å². The maximum atomic E-state index is 12.6. The topological polar surface area (TPSA) is 96.0 Å². The first-order valence-electron chi connectivity index (χ1n) is 10.1. The highest BCUT2D eigenvalue weighted by Gasteiger charge is 2.14. The van der Waals surface area contributed by atoms with Crippen LogP contribution in [0.2, 0.25) is 5.02 Å². The maximum absolute atomic E-state index is 12.6. The number of aromatic nitrogens is 2. The van der Waals surface area contributed by atoms with Gasteiger partial charge in [-0.2, -0.15) is 0 Å². The van der Waals surface area contributed by atoms with E-state index in [9.17, 15) is 8.42 Å². The normalized spacial score (nSPS) is 11.1. The summed E-state index contributed by atoms with van der Waals surface area (Å²) >= 11 is 5.91. The second-order valence-electron chi connectivity index (χ2n) is 7.44. The molecule has 7 nitrogen and oxygen atoms in total. The van der Waals surface area contributed by atoms with Gasteiger partial charge < -0.3 is 10.6 Å². The molecule has 4 aromatic rings. The van der Waals surface area contributed by atoms with Gasteiger partial charge in [-0.15, -0.1) is 0 Å². The van der Waals surface area contributed by atoms with Crippen molar-refractivity contribution >= 4 is 50.3 Å². The van der Waals surface area contributed by atoms with Crippen LogP contribution in [0.15, 0.2) is 83.8 Å². The molecule has 168 valence electrons. The van der Waals surface area contributed by atoms with Gasteiger partial charge in [0, 0.05) is 28.2 Å². The van der Waals surface area contributed by atoms with Gasteiger partial charge in [0.1, 0.15) is 17.5 Å². The lowest BCUT2D eigenvalue weighted by Gasteiger charge is -2.12. The standard InChI is InChI=1S/C24H22ClN5O2S/c1-16-6-8-19(9-7-16)28-23-15-24(27-17(2)26-23)29-20-10-12-21(13-11-20)30-33(31,32)22-5-3-4-18(25)14-22/h3-15,30H,1-2H3,(H2,26,27,28,29). The average molecular weight is 480 g/mol. The molecular weight excluding hydrogens is 458 g/mol. The number of halogens is 1. The summed E-state index contributed by atoms with van der Waals surface area (Å²) < 4.78 is 27.7.